The van der Waals surface area contributed by atoms with Gasteiger partial charge in [0.1, 0.15) is 11.2 Å². The van der Waals surface area contributed by atoms with E-state index in [1.54, 1.807) is 0 Å². The molecule has 0 bridgehead atoms. The second-order valence-corrected chi connectivity index (χ2v) is 13.2. The third kappa shape index (κ3) is 3.73. The van der Waals surface area contributed by atoms with Crippen LogP contribution in [0.25, 0.3) is 93.4 Å². The number of hydrogen-bond donors (Lipinski definition) is 0. The quantitative estimate of drug-likeness (QED) is 0.182. The second kappa shape index (κ2) is 10.2. The number of fused-ring (bicyclic) bond motifs is 10. The maximum absolute atomic E-state index is 9.93. The second-order valence-electron chi connectivity index (χ2n) is 13.2. The molecule has 0 spiro atoms. The van der Waals surface area contributed by atoms with Crippen molar-refractivity contribution in [3.8, 4) is 28.3 Å². The van der Waals surface area contributed by atoms with E-state index in [4.69, 9.17) is 4.42 Å². The molecule has 1 aromatic heterocycles. The average Bonchev–Trinajstić information content (AvgIpc) is 3.54. The van der Waals surface area contributed by atoms with E-state index in [1.807, 2.05) is 12.1 Å². The van der Waals surface area contributed by atoms with Gasteiger partial charge in [-0.15, -0.1) is 0 Å². The summed E-state index contributed by atoms with van der Waals surface area (Å²) in [5.41, 5.74) is 9.83. The summed E-state index contributed by atoms with van der Waals surface area (Å²) in [6.45, 7) is 2.29. The fraction of sp³-hybridized carbons (Fsp3) is 0.0652. The predicted molar refractivity (Wildman–Crippen MR) is 201 cm³/mol. The van der Waals surface area contributed by atoms with Crippen LogP contribution in [0.2, 0.25) is 0 Å². The minimum absolute atomic E-state index is 0.473. The summed E-state index contributed by atoms with van der Waals surface area (Å²) in [4.78, 5) is 0. The van der Waals surface area contributed by atoms with Gasteiger partial charge < -0.3 is 4.42 Å². The highest BCUT2D eigenvalue weighted by atomic mass is 16.3. The lowest BCUT2D eigenvalue weighted by Gasteiger charge is -2.19. The van der Waals surface area contributed by atoms with Gasteiger partial charge in [-0.3, -0.25) is 0 Å². The van der Waals surface area contributed by atoms with Gasteiger partial charge in [0.05, 0.1) is 11.6 Å². The van der Waals surface area contributed by atoms with Crippen molar-refractivity contribution in [1.82, 2.24) is 0 Å². The Balaban J connectivity index is 1.39. The van der Waals surface area contributed by atoms with Crippen molar-refractivity contribution in [2.75, 3.05) is 0 Å². The molecule has 1 unspecified atom stereocenters. The summed E-state index contributed by atoms with van der Waals surface area (Å²) in [6, 6.07) is 47.8. The van der Waals surface area contributed by atoms with Crippen molar-refractivity contribution in [2.24, 2.45) is 5.92 Å². The van der Waals surface area contributed by atoms with Crippen LogP contribution < -0.4 is 0 Å². The smallest absolute Gasteiger partial charge is 0.143 e. The Morgan fingerprint density at radius 3 is 1.90 bits per heavy atom. The Labute approximate surface area is 277 Å². The highest BCUT2D eigenvalue weighted by Crippen LogP contribution is 2.50. The van der Waals surface area contributed by atoms with E-state index in [-0.39, 0.29) is 0 Å². The Morgan fingerprint density at radius 1 is 0.604 bits per heavy atom. The minimum Gasteiger partial charge on any atom is -0.455 e. The summed E-state index contributed by atoms with van der Waals surface area (Å²) in [5, 5.41) is 21.6. The zero-order chi connectivity index (χ0) is 31.9. The van der Waals surface area contributed by atoms with Gasteiger partial charge in [0, 0.05) is 27.3 Å². The van der Waals surface area contributed by atoms with Gasteiger partial charge >= 0.3 is 0 Å². The molecular formula is C46H29NO. The normalized spacial score (nSPS) is 14.4. The van der Waals surface area contributed by atoms with E-state index in [9.17, 15) is 5.26 Å². The first-order chi connectivity index (χ1) is 23.7. The molecule has 0 fully saturated rings. The largest absolute Gasteiger partial charge is 0.455 e. The summed E-state index contributed by atoms with van der Waals surface area (Å²) >= 11 is 0. The van der Waals surface area contributed by atoms with E-state index in [0.717, 1.165) is 39.5 Å². The third-order valence-corrected chi connectivity index (χ3v) is 10.4. The molecule has 0 amide bonds. The number of furan rings is 1. The van der Waals surface area contributed by atoms with Gasteiger partial charge in [-0.2, -0.15) is 5.26 Å². The van der Waals surface area contributed by atoms with Crippen LogP contribution in [0.3, 0.4) is 0 Å². The maximum atomic E-state index is 9.93. The fourth-order valence-electron chi connectivity index (χ4n) is 8.34. The SMILES string of the molecule is CC1C=Cc2ccc3oc4c(-c5c6ccccc6c(-c6ccc(C#N)c7ccccc67)c6ccccc56)cc5ccccc5c4c3c2C1. The molecule has 0 radical (unpaired) electrons. The summed E-state index contributed by atoms with van der Waals surface area (Å²) in [6.07, 6.45) is 5.59. The summed E-state index contributed by atoms with van der Waals surface area (Å²) in [7, 11) is 0. The average molecular weight is 612 g/mol. The first-order valence-corrected chi connectivity index (χ1v) is 16.6. The topological polar surface area (TPSA) is 36.9 Å². The lowest BCUT2D eigenvalue weighted by molar-refractivity contribution is 0.668. The van der Waals surface area contributed by atoms with Crippen LogP contribution in [-0.2, 0) is 6.42 Å². The van der Waals surface area contributed by atoms with Crippen LogP contribution in [0.4, 0.5) is 0 Å². The number of allylic oxidation sites excluding steroid dienone is 1. The molecule has 1 aliphatic rings. The van der Waals surface area contributed by atoms with Crippen molar-refractivity contribution in [2.45, 2.75) is 13.3 Å². The molecule has 9 aromatic rings. The molecule has 224 valence electrons. The van der Waals surface area contributed by atoms with Gasteiger partial charge in [-0.05, 0) is 90.5 Å². The molecule has 8 aromatic carbocycles. The summed E-state index contributed by atoms with van der Waals surface area (Å²) < 4.78 is 6.99. The number of nitriles is 1. The zero-order valence-corrected chi connectivity index (χ0v) is 26.4. The fourth-order valence-corrected chi connectivity index (χ4v) is 8.34. The minimum atomic E-state index is 0.473. The number of hydrogen-bond acceptors (Lipinski definition) is 2. The van der Waals surface area contributed by atoms with Crippen LogP contribution in [-0.4, -0.2) is 0 Å². The number of benzene rings is 8. The third-order valence-electron chi connectivity index (χ3n) is 10.4. The van der Waals surface area contributed by atoms with E-state index in [0.29, 0.717) is 11.5 Å². The maximum Gasteiger partial charge on any atom is 0.143 e. The first kappa shape index (κ1) is 27.0. The van der Waals surface area contributed by atoms with Crippen molar-refractivity contribution < 1.29 is 4.42 Å². The van der Waals surface area contributed by atoms with Crippen LogP contribution in [0, 0.1) is 17.2 Å². The molecule has 1 aliphatic carbocycles. The monoisotopic (exact) mass is 611 g/mol. The number of rotatable bonds is 2. The van der Waals surface area contributed by atoms with Gasteiger partial charge in [0.2, 0.25) is 0 Å². The molecule has 0 N–H and O–H groups in total. The molecule has 1 heterocycles. The predicted octanol–water partition coefficient (Wildman–Crippen LogP) is 12.6. The van der Waals surface area contributed by atoms with Crippen molar-refractivity contribution in [3.05, 3.63) is 150 Å². The van der Waals surface area contributed by atoms with Crippen molar-refractivity contribution in [3.63, 3.8) is 0 Å². The van der Waals surface area contributed by atoms with Crippen LogP contribution in [0.1, 0.15) is 23.6 Å². The molecular weight excluding hydrogens is 583 g/mol. The van der Waals surface area contributed by atoms with Crippen LogP contribution >= 0.6 is 0 Å². The lowest BCUT2D eigenvalue weighted by Crippen LogP contribution is -2.03. The molecule has 2 nitrogen and oxygen atoms in total. The Bertz CT molecular complexity index is 2840. The van der Waals surface area contributed by atoms with Gasteiger partial charge in [0.25, 0.3) is 0 Å². The summed E-state index contributed by atoms with van der Waals surface area (Å²) in [5.74, 6) is 0.473. The molecule has 48 heavy (non-hydrogen) atoms. The van der Waals surface area contributed by atoms with Gasteiger partial charge in [-0.1, -0.05) is 128 Å². The molecule has 2 heteroatoms. The van der Waals surface area contributed by atoms with Gasteiger partial charge in [0.15, 0.2) is 0 Å². The zero-order valence-electron chi connectivity index (χ0n) is 26.4. The molecule has 0 saturated carbocycles. The Hall–Kier alpha value is -6.17. The van der Waals surface area contributed by atoms with E-state index < -0.39 is 0 Å². The highest BCUT2D eigenvalue weighted by Gasteiger charge is 2.25. The lowest BCUT2D eigenvalue weighted by atomic mass is 9.83. The van der Waals surface area contributed by atoms with Crippen molar-refractivity contribution >= 4 is 71.1 Å². The van der Waals surface area contributed by atoms with Crippen LogP contribution in [0.5, 0.6) is 0 Å². The van der Waals surface area contributed by atoms with Crippen LogP contribution in [0.15, 0.2) is 138 Å². The van der Waals surface area contributed by atoms with Crippen molar-refractivity contribution in [1.29, 1.82) is 5.26 Å². The number of nitrogens with zero attached hydrogens (tertiary/aromatic N) is 1. The molecule has 10 rings (SSSR count). The van der Waals surface area contributed by atoms with E-state index >= 15 is 0 Å². The molecule has 0 saturated heterocycles. The Morgan fingerprint density at radius 2 is 1.21 bits per heavy atom. The van der Waals surface area contributed by atoms with E-state index in [1.165, 1.54) is 65.3 Å². The van der Waals surface area contributed by atoms with Gasteiger partial charge in [-0.25, -0.2) is 0 Å². The Kier molecular flexibility index (Phi) is 5.72. The highest BCUT2D eigenvalue weighted by molar-refractivity contribution is 6.29. The first-order valence-electron chi connectivity index (χ1n) is 16.6. The molecule has 1 atom stereocenters. The molecule has 0 aliphatic heterocycles. The standard InChI is InChI=1S/C46H29NO/c1-27-18-19-28-21-23-41-44(39(28)24-27)45-32-12-3-2-10-29(32)25-40(46(45)48-41)43-36-16-8-6-14-34(36)42(35-15-7-9-17-37(35)43)38-22-20-30(26-47)31-11-4-5-13-33(31)38/h2-23,25,27H,24H2,1H3. The van der Waals surface area contributed by atoms with E-state index in [2.05, 4.69) is 140 Å².